The molecule has 120 valence electrons. The number of piperidine rings is 1. The first-order valence-electron chi connectivity index (χ1n) is 7.58. The third-order valence-corrected chi connectivity index (χ3v) is 4.29. The largest absolute Gasteiger partial charge is 0.326 e. The van der Waals surface area contributed by atoms with E-state index in [1.807, 2.05) is 18.2 Å². The van der Waals surface area contributed by atoms with Crippen LogP contribution in [0.5, 0.6) is 0 Å². The third-order valence-electron chi connectivity index (χ3n) is 4.29. The molecule has 22 heavy (non-hydrogen) atoms. The summed E-state index contributed by atoms with van der Waals surface area (Å²) >= 11 is 0. The Bertz CT molecular complexity index is 571. The Morgan fingerprint density at radius 2 is 2.18 bits per heavy atom. The zero-order valence-electron chi connectivity index (χ0n) is 12.7. The maximum Gasteiger partial charge on any atom is 0.228 e. The first-order valence-corrected chi connectivity index (χ1v) is 7.58. The minimum atomic E-state index is 0. The van der Waals surface area contributed by atoms with Gasteiger partial charge in [0.1, 0.15) is 0 Å². The van der Waals surface area contributed by atoms with E-state index in [9.17, 15) is 9.59 Å². The van der Waals surface area contributed by atoms with E-state index in [0.717, 1.165) is 55.8 Å². The minimum absolute atomic E-state index is 0. The van der Waals surface area contributed by atoms with Crippen LogP contribution in [0.4, 0.5) is 11.4 Å². The van der Waals surface area contributed by atoms with Gasteiger partial charge in [-0.25, -0.2) is 0 Å². The highest BCUT2D eigenvalue weighted by molar-refractivity contribution is 5.96. The molecule has 0 aliphatic carbocycles. The van der Waals surface area contributed by atoms with Crippen molar-refractivity contribution in [1.29, 1.82) is 0 Å². The van der Waals surface area contributed by atoms with Crippen molar-refractivity contribution in [2.45, 2.75) is 26.2 Å². The van der Waals surface area contributed by atoms with Crippen molar-refractivity contribution >= 4 is 35.6 Å². The van der Waals surface area contributed by atoms with E-state index in [4.69, 9.17) is 0 Å². The average molecular weight is 324 g/mol. The van der Waals surface area contributed by atoms with Gasteiger partial charge in [-0.05, 0) is 49.6 Å². The second-order valence-electron chi connectivity index (χ2n) is 5.80. The van der Waals surface area contributed by atoms with Gasteiger partial charge in [0.05, 0.1) is 5.92 Å². The summed E-state index contributed by atoms with van der Waals surface area (Å²) in [7, 11) is 0. The summed E-state index contributed by atoms with van der Waals surface area (Å²) in [5.41, 5.74) is 2.93. The van der Waals surface area contributed by atoms with Crippen LogP contribution in [0.3, 0.4) is 0 Å². The molecule has 2 aliphatic rings. The molecule has 1 atom stereocenters. The Morgan fingerprint density at radius 1 is 1.36 bits per heavy atom. The Kier molecular flexibility index (Phi) is 5.42. The van der Waals surface area contributed by atoms with Crippen LogP contribution in [0.1, 0.15) is 25.3 Å². The summed E-state index contributed by atoms with van der Waals surface area (Å²) in [6.45, 7) is 4.08. The van der Waals surface area contributed by atoms with Crippen LogP contribution in [0.15, 0.2) is 18.2 Å². The Hall–Kier alpha value is -1.59. The predicted molar refractivity (Wildman–Crippen MR) is 89.6 cm³/mol. The number of anilines is 2. The summed E-state index contributed by atoms with van der Waals surface area (Å²) in [6.07, 6.45) is 2.85. The zero-order valence-corrected chi connectivity index (χ0v) is 13.5. The van der Waals surface area contributed by atoms with Gasteiger partial charge in [0.25, 0.3) is 0 Å². The minimum Gasteiger partial charge on any atom is -0.326 e. The van der Waals surface area contributed by atoms with Crippen molar-refractivity contribution in [3.8, 4) is 0 Å². The van der Waals surface area contributed by atoms with Crippen molar-refractivity contribution in [1.82, 2.24) is 5.32 Å². The van der Waals surface area contributed by atoms with Gasteiger partial charge in [-0.2, -0.15) is 0 Å². The molecule has 1 aromatic rings. The van der Waals surface area contributed by atoms with Crippen LogP contribution in [-0.2, 0) is 16.0 Å². The molecular formula is C16H22ClN3O2. The standard InChI is InChI=1S/C16H21N3O2.ClH/c1-11(20)19-8-6-12-9-14(4-5-15(12)19)18-16(21)13-3-2-7-17-10-13;/h4-5,9,13,17H,2-3,6-8,10H2,1H3,(H,18,21);1H/t13-;/m1./s1. The molecule has 0 bridgehead atoms. The number of amides is 2. The van der Waals surface area contributed by atoms with E-state index >= 15 is 0 Å². The van der Waals surface area contributed by atoms with E-state index in [0.29, 0.717) is 0 Å². The van der Waals surface area contributed by atoms with Gasteiger partial charge in [-0.3, -0.25) is 9.59 Å². The number of carbonyl (C=O) groups excluding carboxylic acids is 2. The normalized spacial score (nSPS) is 20.0. The van der Waals surface area contributed by atoms with E-state index in [1.54, 1.807) is 11.8 Å². The molecule has 1 saturated heterocycles. The quantitative estimate of drug-likeness (QED) is 0.874. The van der Waals surface area contributed by atoms with Crippen LogP contribution in [0.2, 0.25) is 0 Å². The van der Waals surface area contributed by atoms with E-state index in [2.05, 4.69) is 10.6 Å². The Balaban J connectivity index is 0.00000176. The van der Waals surface area contributed by atoms with Gasteiger partial charge < -0.3 is 15.5 Å². The number of fused-ring (bicyclic) bond motifs is 1. The van der Waals surface area contributed by atoms with Crippen LogP contribution >= 0.6 is 12.4 Å². The van der Waals surface area contributed by atoms with Crippen LogP contribution in [0, 0.1) is 5.92 Å². The fourth-order valence-electron chi connectivity index (χ4n) is 3.13. The molecule has 1 fully saturated rings. The van der Waals surface area contributed by atoms with Gasteiger partial charge in [-0.1, -0.05) is 0 Å². The molecule has 0 saturated carbocycles. The number of hydrogen-bond donors (Lipinski definition) is 2. The van der Waals surface area contributed by atoms with Gasteiger partial charge in [0.15, 0.2) is 0 Å². The highest BCUT2D eigenvalue weighted by Gasteiger charge is 2.24. The molecule has 2 amide bonds. The molecule has 6 heteroatoms. The monoisotopic (exact) mass is 323 g/mol. The number of halogens is 1. The lowest BCUT2D eigenvalue weighted by Gasteiger charge is -2.22. The van der Waals surface area contributed by atoms with Gasteiger partial charge in [-0.15, -0.1) is 12.4 Å². The lowest BCUT2D eigenvalue weighted by molar-refractivity contribution is -0.120. The van der Waals surface area contributed by atoms with E-state index in [1.165, 1.54) is 0 Å². The van der Waals surface area contributed by atoms with Crippen molar-refractivity contribution in [2.24, 2.45) is 5.92 Å². The fraction of sp³-hybridized carbons (Fsp3) is 0.500. The topological polar surface area (TPSA) is 61.4 Å². The molecule has 2 N–H and O–H groups in total. The number of rotatable bonds is 2. The number of carbonyl (C=O) groups is 2. The molecule has 0 spiro atoms. The van der Waals surface area contributed by atoms with Crippen molar-refractivity contribution in [2.75, 3.05) is 29.9 Å². The molecule has 3 rings (SSSR count). The van der Waals surface area contributed by atoms with Crippen LogP contribution < -0.4 is 15.5 Å². The van der Waals surface area contributed by atoms with E-state index in [-0.39, 0.29) is 30.1 Å². The Morgan fingerprint density at radius 3 is 2.86 bits per heavy atom. The first kappa shape index (κ1) is 16.8. The van der Waals surface area contributed by atoms with Crippen LogP contribution in [0.25, 0.3) is 0 Å². The second-order valence-corrected chi connectivity index (χ2v) is 5.80. The maximum atomic E-state index is 12.2. The molecule has 2 heterocycles. The lowest BCUT2D eigenvalue weighted by atomic mass is 9.98. The fourth-order valence-corrected chi connectivity index (χ4v) is 3.13. The highest BCUT2D eigenvalue weighted by atomic mass is 35.5. The van der Waals surface area contributed by atoms with Crippen molar-refractivity contribution < 1.29 is 9.59 Å². The molecule has 0 radical (unpaired) electrons. The summed E-state index contributed by atoms with van der Waals surface area (Å²) in [6, 6.07) is 5.80. The third kappa shape index (κ3) is 3.42. The first-order chi connectivity index (χ1) is 10.1. The molecule has 0 unspecified atom stereocenters. The van der Waals surface area contributed by atoms with Crippen molar-refractivity contribution in [3.05, 3.63) is 23.8 Å². The summed E-state index contributed by atoms with van der Waals surface area (Å²) in [4.78, 5) is 25.5. The highest BCUT2D eigenvalue weighted by Crippen LogP contribution is 2.30. The second kappa shape index (κ2) is 7.11. The number of nitrogens with one attached hydrogen (secondary N) is 2. The summed E-state index contributed by atoms with van der Waals surface area (Å²) in [5, 5.41) is 6.26. The SMILES string of the molecule is CC(=O)N1CCc2cc(NC(=O)[C@@H]3CCCNC3)ccc21.Cl. The molecular weight excluding hydrogens is 302 g/mol. The number of benzene rings is 1. The Labute approximate surface area is 136 Å². The van der Waals surface area contributed by atoms with E-state index < -0.39 is 0 Å². The summed E-state index contributed by atoms with van der Waals surface area (Å²) in [5.74, 6) is 0.211. The molecule has 1 aromatic carbocycles. The maximum absolute atomic E-state index is 12.2. The number of nitrogens with zero attached hydrogens (tertiary/aromatic N) is 1. The predicted octanol–water partition coefficient (Wildman–Crippen LogP) is 1.96. The number of hydrogen-bond acceptors (Lipinski definition) is 3. The van der Waals surface area contributed by atoms with Crippen LogP contribution in [-0.4, -0.2) is 31.4 Å². The van der Waals surface area contributed by atoms with Crippen molar-refractivity contribution in [3.63, 3.8) is 0 Å². The van der Waals surface area contributed by atoms with Gasteiger partial charge in [0, 0.05) is 31.4 Å². The van der Waals surface area contributed by atoms with Gasteiger partial charge >= 0.3 is 0 Å². The molecule has 5 nitrogen and oxygen atoms in total. The lowest BCUT2D eigenvalue weighted by Crippen LogP contribution is -2.37. The average Bonchev–Trinajstić information content (AvgIpc) is 2.91. The molecule has 0 aromatic heterocycles. The smallest absolute Gasteiger partial charge is 0.228 e. The van der Waals surface area contributed by atoms with Gasteiger partial charge in [0.2, 0.25) is 11.8 Å². The summed E-state index contributed by atoms with van der Waals surface area (Å²) < 4.78 is 0. The molecule has 2 aliphatic heterocycles. The zero-order chi connectivity index (χ0) is 14.8.